The van der Waals surface area contributed by atoms with Gasteiger partial charge < -0.3 is 29.7 Å². The predicted molar refractivity (Wildman–Crippen MR) is 142 cm³/mol. The Labute approximate surface area is 218 Å². The molecule has 0 bridgehead atoms. The first-order valence-electron chi connectivity index (χ1n) is 12.4. The standard InChI is InChI=1S/C28H36N4O5/c1-18(2)7-8-21-13-24-26(29-14-21)37-25(19(3)15-32(27(24)34)20(4)17-33)16-31(5)28(35)30-22-9-11-23(36-6)12-10-22/h9-14,18-20,25,33H,15-17H2,1-6H3,(H,30,35)/t19-,20+,25-/m1/s1. The first-order valence-corrected chi connectivity index (χ1v) is 12.4. The highest BCUT2D eigenvalue weighted by molar-refractivity contribution is 5.97. The monoisotopic (exact) mass is 508 g/mol. The van der Waals surface area contributed by atoms with Crippen LogP contribution in [0.25, 0.3) is 0 Å². The number of aromatic nitrogens is 1. The SMILES string of the molecule is COc1ccc(NC(=O)N(C)C[C@H]2Oc3ncc(C#CC(C)C)cc3C(=O)N([C@@H](C)CO)C[C@H]2C)cc1. The maximum atomic E-state index is 13.5. The molecule has 1 aliphatic heterocycles. The van der Waals surface area contributed by atoms with E-state index in [9.17, 15) is 14.7 Å². The van der Waals surface area contributed by atoms with E-state index in [1.165, 1.54) is 4.90 Å². The zero-order valence-electron chi connectivity index (χ0n) is 22.3. The van der Waals surface area contributed by atoms with E-state index in [1.54, 1.807) is 62.5 Å². The molecule has 9 nitrogen and oxygen atoms in total. The summed E-state index contributed by atoms with van der Waals surface area (Å²) in [5, 5.41) is 12.7. The van der Waals surface area contributed by atoms with Gasteiger partial charge in [0.25, 0.3) is 5.91 Å². The summed E-state index contributed by atoms with van der Waals surface area (Å²) in [5.74, 6) is 6.77. The van der Waals surface area contributed by atoms with Gasteiger partial charge >= 0.3 is 6.03 Å². The Morgan fingerprint density at radius 2 is 2.03 bits per heavy atom. The Bertz CT molecular complexity index is 1160. The summed E-state index contributed by atoms with van der Waals surface area (Å²) in [6.07, 6.45) is 1.14. The molecule has 0 radical (unpaired) electrons. The number of urea groups is 1. The number of hydrogen-bond acceptors (Lipinski definition) is 6. The first-order chi connectivity index (χ1) is 17.6. The van der Waals surface area contributed by atoms with Crippen LogP contribution in [0.2, 0.25) is 0 Å². The number of likely N-dealkylation sites (N-methyl/N-ethyl adjacent to an activating group) is 1. The number of benzene rings is 1. The van der Waals surface area contributed by atoms with Gasteiger partial charge in [0.05, 0.1) is 26.3 Å². The van der Waals surface area contributed by atoms with E-state index >= 15 is 0 Å². The zero-order chi connectivity index (χ0) is 27.1. The average Bonchev–Trinajstić information content (AvgIpc) is 2.89. The molecule has 3 atom stereocenters. The number of carbonyl (C=O) groups is 2. The van der Waals surface area contributed by atoms with Gasteiger partial charge in [0, 0.05) is 42.9 Å². The Balaban J connectivity index is 1.85. The lowest BCUT2D eigenvalue weighted by atomic mass is 10.00. The first kappa shape index (κ1) is 27.8. The lowest BCUT2D eigenvalue weighted by Crippen LogP contribution is -2.50. The molecule has 0 saturated heterocycles. The molecule has 1 aliphatic rings. The summed E-state index contributed by atoms with van der Waals surface area (Å²) < 4.78 is 11.4. The van der Waals surface area contributed by atoms with Crippen molar-refractivity contribution in [2.75, 3.05) is 39.2 Å². The molecule has 2 heterocycles. The number of carbonyl (C=O) groups excluding carboxylic acids is 2. The Hall–Kier alpha value is -3.77. The van der Waals surface area contributed by atoms with Gasteiger partial charge in [-0.05, 0) is 37.3 Å². The van der Waals surface area contributed by atoms with E-state index in [0.29, 0.717) is 23.5 Å². The molecule has 3 rings (SSSR count). The van der Waals surface area contributed by atoms with Gasteiger partial charge in [-0.2, -0.15) is 0 Å². The van der Waals surface area contributed by atoms with Gasteiger partial charge in [-0.1, -0.05) is 32.6 Å². The lowest BCUT2D eigenvalue weighted by Gasteiger charge is -2.37. The average molecular weight is 509 g/mol. The molecule has 37 heavy (non-hydrogen) atoms. The van der Waals surface area contributed by atoms with Crippen molar-refractivity contribution in [3.63, 3.8) is 0 Å². The summed E-state index contributed by atoms with van der Waals surface area (Å²) in [6.45, 7) is 8.16. The van der Waals surface area contributed by atoms with Gasteiger partial charge in [-0.3, -0.25) is 4.79 Å². The fraction of sp³-hybridized carbons (Fsp3) is 0.464. The number of amides is 3. The van der Waals surface area contributed by atoms with Gasteiger partial charge in [0.2, 0.25) is 5.88 Å². The molecule has 1 aromatic carbocycles. The molecule has 0 unspecified atom stereocenters. The predicted octanol–water partition coefficient (Wildman–Crippen LogP) is 3.48. The Kier molecular flexibility index (Phi) is 9.36. The fourth-order valence-electron chi connectivity index (χ4n) is 3.86. The number of nitrogens with one attached hydrogen (secondary N) is 1. The Morgan fingerprint density at radius 3 is 2.65 bits per heavy atom. The summed E-state index contributed by atoms with van der Waals surface area (Å²) >= 11 is 0. The van der Waals surface area contributed by atoms with E-state index < -0.39 is 12.1 Å². The molecule has 0 spiro atoms. The molecule has 0 fully saturated rings. The third-order valence-electron chi connectivity index (χ3n) is 6.17. The number of ether oxygens (including phenoxy) is 2. The van der Waals surface area contributed by atoms with Crippen LogP contribution >= 0.6 is 0 Å². The van der Waals surface area contributed by atoms with E-state index in [-0.39, 0.29) is 48.4 Å². The second kappa shape index (κ2) is 12.5. The maximum Gasteiger partial charge on any atom is 0.321 e. The van der Waals surface area contributed by atoms with Gasteiger partial charge in [-0.25, -0.2) is 9.78 Å². The molecule has 0 saturated carbocycles. The highest BCUT2D eigenvalue weighted by atomic mass is 16.5. The number of fused-ring (bicyclic) bond motifs is 1. The molecule has 198 valence electrons. The summed E-state index contributed by atoms with van der Waals surface area (Å²) in [5.41, 5.74) is 1.54. The maximum absolute atomic E-state index is 13.5. The van der Waals surface area contributed by atoms with Crippen molar-refractivity contribution < 1.29 is 24.2 Å². The molecule has 1 aromatic heterocycles. The van der Waals surface area contributed by atoms with Crippen molar-refractivity contribution in [1.29, 1.82) is 0 Å². The highest BCUT2D eigenvalue weighted by Crippen LogP contribution is 2.27. The van der Waals surface area contributed by atoms with Crippen LogP contribution in [0.15, 0.2) is 36.5 Å². The van der Waals surface area contributed by atoms with Gasteiger partial charge in [0.1, 0.15) is 17.4 Å². The molecule has 9 heteroatoms. The van der Waals surface area contributed by atoms with Crippen molar-refractivity contribution in [2.45, 2.75) is 39.8 Å². The van der Waals surface area contributed by atoms with Crippen molar-refractivity contribution in [3.8, 4) is 23.5 Å². The topological polar surface area (TPSA) is 104 Å². The number of rotatable bonds is 6. The molecule has 0 aliphatic carbocycles. The molecule has 2 aromatic rings. The van der Waals surface area contributed by atoms with E-state index in [0.717, 1.165) is 0 Å². The largest absolute Gasteiger partial charge is 0.497 e. The van der Waals surface area contributed by atoms with Crippen LogP contribution in [0.3, 0.4) is 0 Å². The van der Waals surface area contributed by atoms with Crippen molar-refractivity contribution >= 4 is 17.6 Å². The lowest BCUT2D eigenvalue weighted by molar-refractivity contribution is 0.0356. The number of aliphatic hydroxyl groups excluding tert-OH is 1. The number of aliphatic hydroxyl groups is 1. The zero-order valence-corrected chi connectivity index (χ0v) is 22.3. The van der Waals surface area contributed by atoms with Crippen molar-refractivity contribution in [3.05, 3.63) is 47.7 Å². The van der Waals surface area contributed by atoms with Crippen LogP contribution in [-0.4, -0.2) is 77.8 Å². The highest BCUT2D eigenvalue weighted by Gasteiger charge is 2.34. The van der Waals surface area contributed by atoms with Crippen molar-refractivity contribution in [2.24, 2.45) is 11.8 Å². The van der Waals surface area contributed by atoms with Gasteiger partial charge in [-0.15, -0.1) is 0 Å². The van der Waals surface area contributed by atoms with Crippen LogP contribution in [0.5, 0.6) is 11.6 Å². The summed E-state index contributed by atoms with van der Waals surface area (Å²) in [7, 11) is 3.27. The van der Waals surface area contributed by atoms with Crippen LogP contribution in [0.4, 0.5) is 10.5 Å². The quantitative estimate of drug-likeness (QED) is 0.579. The molecular formula is C28H36N4O5. The second-order valence-corrected chi connectivity index (χ2v) is 9.66. The van der Waals surface area contributed by atoms with E-state index in [4.69, 9.17) is 9.47 Å². The Morgan fingerprint density at radius 1 is 1.32 bits per heavy atom. The van der Waals surface area contributed by atoms with Crippen molar-refractivity contribution in [1.82, 2.24) is 14.8 Å². The minimum atomic E-state index is -0.452. The minimum Gasteiger partial charge on any atom is -0.497 e. The van der Waals surface area contributed by atoms with E-state index in [1.807, 2.05) is 20.8 Å². The summed E-state index contributed by atoms with van der Waals surface area (Å²) in [6, 6.07) is 8.05. The minimum absolute atomic E-state index is 0.149. The third kappa shape index (κ3) is 7.14. The van der Waals surface area contributed by atoms with Crippen LogP contribution in [0, 0.1) is 23.7 Å². The number of nitrogens with zero attached hydrogens (tertiary/aromatic N) is 3. The molecular weight excluding hydrogens is 472 g/mol. The third-order valence-corrected chi connectivity index (χ3v) is 6.17. The van der Waals surface area contributed by atoms with Gasteiger partial charge in [0.15, 0.2) is 0 Å². The smallest absolute Gasteiger partial charge is 0.321 e. The number of methoxy groups -OCH3 is 1. The summed E-state index contributed by atoms with van der Waals surface area (Å²) in [4.78, 5) is 34.0. The fourth-order valence-corrected chi connectivity index (χ4v) is 3.86. The molecule has 2 N–H and O–H groups in total. The number of pyridine rings is 1. The number of anilines is 1. The number of hydrogen-bond donors (Lipinski definition) is 2. The van der Waals surface area contributed by atoms with E-state index in [2.05, 4.69) is 22.1 Å². The second-order valence-electron chi connectivity index (χ2n) is 9.66. The van der Waals surface area contributed by atoms with Crippen LogP contribution in [0.1, 0.15) is 43.6 Å². The molecule has 3 amide bonds. The normalized spacial score (nSPS) is 17.9. The van der Waals surface area contributed by atoms with Crippen LogP contribution in [-0.2, 0) is 0 Å². The van der Waals surface area contributed by atoms with Crippen LogP contribution < -0.4 is 14.8 Å².